The molecular weight excluding hydrogens is 981 g/mol. The second kappa shape index (κ2) is 70.3. The molecule has 0 aliphatic carbocycles. The van der Waals surface area contributed by atoms with Crippen LogP contribution in [0.3, 0.4) is 0 Å². The van der Waals surface area contributed by atoms with Gasteiger partial charge >= 0.3 is 11.9 Å². The summed E-state index contributed by atoms with van der Waals surface area (Å²) < 4.78 is 10.8. The first-order valence-electron chi connectivity index (χ1n) is 35.1. The molecule has 0 saturated carbocycles. The van der Waals surface area contributed by atoms with Crippen LogP contribution in [0.4, 0.5) is 0 Å². The molecule has 0 heterocycles. The molecule has 0 aliphatic rings. The molecule has 1 N–H and O–H groups in total. The summed E-state index contributed by atoms with van der Waals surface area (Å²) in [7, 11) is 0. The van der Waals surface area contributed by atoms with Crippen molar-refractivity contribution < 1.29 is 24.2 Å². The molecule has 0 radical (unpaired) electrons. The molecule has 0 amide bonds. The molecule has 0 fully saturated rings. The van der Waals surface area contributed by atoms with E-state index in [1.807, 2.05) is 0 Å². The molecule has 5 nitrogen and oxygen atoms in total. The Morgan fingerprint density at radius 1 is 0.300 bits per heavy atom. The molecule has 1 atom stereocenters. The van der Waals surface area contributed by atoms with Gasteiger partial charge in [0.05, 0.1) is 6.61 Å². The summed E-state index contributed by atoms with van der Waals surface area (Å²) >= 11 is 0. The molecule has 80 heavy (non-hydrogen) atoms. The van der Waals surface area contributed by atoms with Crippen molar-refractivity contribution in [1.82, 2.24) is 0 Å². The van der Waals surface area contributed by atoms with Gasteiger partial charge in [0.25, 0.3) is 0 Å². The zero-order chi connectivity index (χ0) is 57.6. The van der Waals surface area contributed by atoms with E-state index in [-0.39, 0.29) is 25.2 Å². The molecule has 0 aromatic heterocycles. The van der Waals surface area contributed by atoms with E-state index in [0.29, 0.717) is 12.8 Å². The minimum absolute atomic E-state index is 0.0672. The Balaban J connectivity index is 3.43. The van der Waals surface area contributed by atoms with Crippen molar-refractivity contribution in [3.05, 3.63) is 85.1 Å². The van der Waals surface area contributed by atoms with Crippen LogP contribution in [-0.4, -0.2) is 36.4 Å². The molecule has 0 bridgehead atoms. The fourth-order valence-corrected chi connectivity index (χ4v) is 10.4. The average molecular weight is 1120 g/mol. The van der Waals surface area contributed by atoms with Crippen LogP contribution in [-0.2, 0) is 19.1 Å². The minimum Gasteiger partial charge on any atom is -0.462 e. The molecule has 0 saturated heterocycles. The van der Waals surface area contributed by atoms with E-state index in [2.05, 4.69) is 98.9 Å². The Hall–Kier alpha value is -2.92. The molecule has 0 rings (SSSR count). The summed E-state index contributed by atoms with van der Waals surface area (Å²) in [5, 5.41) is 9.70. The van der Waals surface area contributed by atoms with Crippen molar-refractivity contribution in [1.29, 1.82) is 0 Å². The van der Waals surface area contributed by atoms with E-state index < -0.39 is 6.10 Å². The first-order valence-corrected chi connectivity index (χ1v) is 35.1. The number of carbonyl (C=O) groups excluding carboxylic acids is 2. The van der Waals surface area contributed by atoms with Gasteiger partial charge < -0.3 is 14.6 Å². The van der Waals surface area contributed by atoms with Gasteiger partial charge in [-0.05, 0) is 89.9 Å². The number of carbonyl (C=O) groups is 2. The average Bonchev–Trinajstić information content (AvgIpc) is 3.46. The summed E-state index contributed by atoms with van der Waals surface area (Å²) in [6.07, 6.45) is 99.1. The third kappa shape index (κ3) is 67.6. The van der Waals surface area contributed by atoms with Crippen LogP contribution in [0.5, 0.6) is 0 Å². The predicted octanol–water partition coefficient (Wildman–Crippen LogP) is 24.4. The number of aliphatic hydroxyl groups is 1. The van der Waals surface area contributed by atoms with Gasteiger partial charge in [0, 0.05) is 12.8 Å². The number of hydrogen-bond donors (Lipinski definition) is 1. The van der Waals surface area contributed by atoms with Gasteiger partial charge in [-0.15, -0.1) is 0 Å². The van der Waals surface area contributed by atoms with Crippen LogP contribution in [0, 0.1) is 0 Å². The summed E-state index contributed by atoms with van der Waals surface area (Å²) in [6.45, 7) is 4.06. The largest absolute Gasteiger partial charge is 0.462 e. The Morgan fingerprint density at radius 2 is 0.537 bits per heavy atom. The Labute approximate surface area is 498 Å². The normalized spacial score (nSPS) is 12.7. The summed E-state index contributed by atoms with van der Waals surface area (Å²) in [6, 6.07) is 0. The molecule has 0 aromatic rings. The number of ether oxygens (including phenoxy) is 2. The molecule has 0 aliphatic heterocycles. The first-order chi connectivity index (χ1) is 39.6. The van der Waals surface area contributed by atoms with Crippen LogP contribution in [0.15, 0.2) is 85.1 Å². The standard InChI is InChI=1S/C75H134O5/c1-3-5-7-9-11-13-15-17-19-21-23-25-27-29-31-33-34-35-36-37-38-39-40-42-43-45-47-49-51-53-55-57-59-61-63-65-67-69-74(77)79-72-73(71-76)80-75(78)70-68-66-64-62-60-58-56-54-52-50-48-46-44-41-32-30-28-26-24-22-20-18-16-14-12-10-8-6-4-2/h6,8,12,14,18,20-21,23-24,26,30,32,44,46,73,76H,3-5,7,9-11,13,15-17,19,22,25,27-29,31,33-43,45,47-72H2,1-2H3/b8-6-,14-12-,20-18-,23-21-,26-24-,32-30-,46-44-. The monoisotopic (exact) mass is 1120 g/mol. The van der Waals surface area contributed by atoms with E-state index in [0.717, 1.165) is 77.0 Å². The van der Waals surface area contributed by atoms with E-state index in [4.69, 9.17) is 9.47 Å². The Bertz CT molecular complexity index is 1450. The van der Waals surface area contributed by atoms with E-state index in [1.54, 1.807) is 0 Å². The predicted molar refractivity (Wildman–Crippen MR) is 353 cm³/mol. The van der Waals surface area contributed by atoms with Gasteiger partial charge in [0.2, 0.25) is 0 Å². The zero-order valence-corrected chi connectivity index (χ0v) is 53.3. The lowest BCUT2D eigenvalue weighted by molar-refractivity contribution is -0.161. The van der Waals surface area contributed by atoms with Crippen LogP contribution in [0.25, 0.3) is 0 Å². The van der Waals surface area contributed by atoms with Crippen molar-refractivity contribution in [3.8, 4) is 0 Å². The summed E-state index contributed by atoms with van der Waals surface area (Å²) in [4.78, 5) is 24.6. The topological polar surface area (TPSA) is 72.8 Å². The van der Waals surface area contributed by atoms with Crippen LogP contribution >= 0.6 is 0 Å². The van der Waals surface area contributed by atoms with Crippen molar-refractivity contribution in [2.45, 2.75) is 367 Å². The summed E-state index contributed by atoms with van der Waals surface area (Å²) in [5.41, 5.74) is 0. The number of esters is 2. The Kier molecular flexibility index (Phi) is 67.8. The van der Waals surface area contributed by atoms with E-state index >= 15 is 0 Å². The maximum absolute atomic E-state index is 12.4. The highest BCUT2D eigenvalue weighted by molar-refractivity contribution is 5.70. The van der Waals surface area contributed by atoms with Gasteiger partial charge in [-0.2, -0.15) is 0 Å². The SMILES string of the molecule is CC/C=C\C/C=C\C/C=C\C/C=C\C/C=C\C/C=C\CCCCCCCCCCCCC(=O)OC(CO)COC(=O)CCCCCCCCCCCCCCCCCCCCCCCCCCC/C=C\CCCCCCCCCC. The molecule has 464 valence electrons. The maximum atomic E-state index is 12.4. The van der Waals surface area contributed by atoms with Gasteiger partial charge in [-0.25, -0.2) is 0 Å². The Morgan fingerprint density at radius 3 is 0.825 bits per heavy atom. The highest BCUT2D eigenvalue weighted by Gasteiger charge is 2.16. The van der Waals surface area contributed by atoms with Crippen molar-refractivity contribution >= 4 is 11.9 Å². The van der Waals surface area contributed by atoms with Gasteiger partial charge in [-0.3, -0.25) is 9.59 Å². The third-order valence-corrected chi connectivity index (χ3v) is 15.7. The van der Waals surface area contributed by atoms with Crippen molar-refractivity contribution in [3.63, 3.8) is 0 Å². The minimum atomic E-state index is -0.779. The number of unbranched alkanes of at least 4 members (excludes halogenated alkanes) is 43. The first kappa shape index (κ1) is 77.1. The fourth-order valence-electron chi connectivity index (χ4n) is 10.4. The number of hydrogen-bond acceptors (Lipinski definition) is 5. The maximum Gasteiger partial charge on any atom is 0.306 e. The molecule has 1 unspecified atom stereocenters. The molecule has 5 heteroatoms. The summed E-state index contributed by atoms with van der Waals surface area (Å²) in [5.74, 6) is -0.583. The van der Waals surface area contributed by atoms with Crippen molar-refractivity contribution in [2.24, 2.45) is 0 Å². The van der Waals surface area contributed by atoms with Crippen LogP contribution in [0.1, 0.15) is 361 Å². The number of aliphatic hydroxyl groups excluding tert-OH is 1. The number of rotatable bonds is 65. The highest BCUT2D eigenvalue weighted by Crippen LogP contribution is 2.18. The van der Waals surface area contributed by atoms with Gasteiger partial charge in [0.15, 0.2) is 6.10 Å². The lowest BCUT2D eigenvalue weighted by Crippen LogP contribution is -2.28. The number of allylic oxidation sites excluding steroid dienone is 14. The second-order valence-corrected chi connectivity index (χ2v) is 23.6. The lowest BCUT2D eigenvalue weighted by atomic mass is 10.0. The molecular formula is C75H134O5. The van der Waals surface area contributed by atoms with Crippen molar-refractivity contribution in [2.75, 3.05) is 13.2 Å². The van der Waals surface area contributed by atoms with E-state index in [9.17, 15) is 14.7 Å². The second-order valence-electron chi connectivity index (χ2n) is 23.6. The van der Waals surface area contributed by atoms with Gasteiger partial charge in [-0.1, -0.05) is 343 Å². The smallest absolute Gasteiger partial charge is 0.306 e. The van der Waals surface area contributed by atoms with E-state index in [1.165, 1.54) is 257 Å². The molecule has 0 spiro atoms. The lowest BCUT2D eigenvalue weighted by Gasteiger charge is -2.15. The quantitative estimate of drug-likeness (QED) is 0.0373. The van der Waals surface area contributed by atoms with Crippen LogP contribution < -0.4 is 0 Å². The zero-order valence-electron chi connectivity index (χ0n) is 53.3. The molecule has 0 aromatic carbocycles. The fraction of sp³-hybridized carbons (Fsp3) is 0.787. The van der Waals surface area contributed by atoms with Crippen LogP contribution in [0.2, 0.25) is 0 Å². The third-order valence-electron chi connectivity index (χ3n) is 15.7. The van der Waals surface area contributed by atoms with Gasteiger partial charge in [0.1, 0.15) is 6.61 Å². The highest BCUT2D eigenvalue weighted by atomic mass is 16.6.